The number of H-pyrrole nitrogens is 2. The highest BCUT2D eigenvalue weighted by molar-refractivity contribution is 5.95. The van der Waals surface area contributed by atoms with Crippen molar-refractivity contribution in [2.75, 3.05) is 31.1 Å². The van der Waals surface area contributed by atoms with Gasteiger partial charge in [-0.05, 0) is 43.0 Å². The zero-order chi connectivity index (χ0) is 25.7. The summed E-state index contributed by atoms with van der Waals surface area (Å²) in [6.07, 6.45) is 10.6. The number of aromatic amines is 2. The molecule has 2 aliphatic heterocycles. The molecule has 0 radical (unpaired) electrons. The third-order valence-corrected chi connectivity index (χ3v) is 7.47. The molecule has 7 heterocycles. The van der Waals surface area contributed by atoms with Gasteiger partial charge in [-0.25, -0.2) is 23.7 Å². The number of hydrogen-bond donors (Lipinski definition) is 2. The molecular formula is C27H27F2N9. The smallest absolute Gasteiger partial charge is 0.261 e. The zero-order valence-corrected chi connectivity index (χ0v) is 20.8. The van der Waals surface area contributed by atoms with Crippen LogP contribution in [0.25, 0.3) is 44.7 Å². The number of piperidine rings is 1. The number of fused-ring (bicyclic) bond motifs is 2. The number of hydrogen-bond acceptors (Lipinski definition) is 7. The van der Waals surface area contributed by atoms with Gasteiger partial charge in [-0.15, -0.1) is 0 Å². The number of imidazole rings is 1. The quantitative estimate of drug-likeness (QED) is 0.347. The number of pyridine rings is 3. The van der Waals surface area contributed by atoms with Gasteiger partial charge in [0.05, 0.1) is 17.4 Å². The average Bonchev–Trinajstić information content (AvgIpc) is 3.64. The molecule has 38 heavy (non-hydrogen) atoms. The van der Waals surface area contributed by atoms with Gasteiger partial charge in [0, 0.05) is 68.5 Å². The molecule has 0 bridgehead atoms. The van der Waals surface area contributed by atoms with Crippen molar-refractivity contribution in [1.82, 2.24) is 40.0 Å². The second kappa shape index (κ2) is 9.09. The standard InChI is InChI=1S/C27H27F2N9/c28-27(29)5-9-37(16-27)15-17-10-18(13-30-12-17)19-11-20-22(35-36-24(20)32-14-19)25-33-21-4-6-31-26(23(21)34-25)38-7-2-1-3-8-38/h4,6,10-14H,1-3,5,7-9,15-16H2,(H,33,34)(H,32,35,36). The Morgan fingerprint density at radius 2 is 1.84 bits per heavy atom. The summed E-state index contributed by atoms with van der Waals surface area (Å²) in [5.74, 6) is -1.03. The van der Waals surface area contributed by atoms with Gasteiger partial charge >= 0.3 is 0 Å². The molecular weight excluding hydrogens is 488 g/mol. The van der Waals surface area contributed by atoms with Crippen LogP contribution in [0, 0.1) is 0 Å². The summed E-state index contributed by atoms with van der Waals surface area (Å²) in [5, 5.41) is 8.33. The first-order chi connectivity index (χ1) is 18.5. The Bertz CT molecular complexity index is 1620. The number of nitrogens with zero attached hydrogens (tertiary/aromatic N) is 7. The maximum absolute atomic E-state index is 13.6. The normalized spacial score (nSPS) is 18.1. The lowest BCUT2D eigenvalue weighted by molar-refractivity contribution is 0.0115. The van der Waals surface area contributed by atoms with Gasteiger partial charge in [-0.3, -0.25) is 15.0 Å². The Balaban J connectivity index is 1.22. The Morgan fingerprint density at radius 3 is 2.68 bits per heavy atom. The Labute approximate surface area is 217 Å². The lowest BCUT2D eigenvalue weighted by Gasteiger charge is -2.27. The van der Waals surface area contributed by atoms with Crippen LogP contribution in [0.5, 0.6) is 0 Å². The molecule has 0 saturated carbocycles. The number of halogens is 2. The number of aromatic nitrogens is 7. The van der Waals surface area contributed by atoms with Crippen LogP contribution < -0.4 is 4.90 Å². The van der Waals surface area contributed by atoms with Crippen LogP contribution in [0.15, 0.2) is 43.0 Å². The van der Waals surface area contributed by atoms with Crippen LogP contribution in [0.1, 0.15) is 31.2 Å². The van der Waals surface area contributed by atoms with Gasteiger partial charge in [0.2, 0.25) is 0 Å². The van der Waals surface area contributed by atoms with E-state index < -0.39 is 5.92 Å². The summed E-state index contributed by atoms with van der Waals surface area (Å²) < 4.78 is 27.3. The van der Waals surface area contributed by atoms with Crippen LogP contribution >= 0.6 is 0 Å². The lowest BCUT2D eigenvalue weighted by atomic mass is 10.1. The Hall–Kier alpha value is -3.99. The molecule has 9 nitrogen and oxygen atoms in total. The second-order valence-corrected chi connectivity index (χ2v) is 10.3. The Morgan fingerprint density at radius 1 is 0.974 bits per heavy atom. The molecule has 0 atom stereocenters. The molecule has 5 aromatic heterocycles. The van der Waals surface area contributed by atoms with Crippen molar-refractivity contribution in [2.45, 2.75) is 38.2 Å². The van der Waals surface area contributed by atoms with E-state index in [1.54, 1.807) is 23.5 Å². The van der Waals surface area contributed by atoms with Gasteiger partial charge in [0.25, 0.3) is 5.92 Å². The first kappa shape index (κ1) is 23.2. The highest BCUT2D eigenvalue weighted by atomic mass is 19.3. The van der Waals surface area contributed by atoms with E-state index in [9.17, 15) is 8.78 Å². The summed E-state index contributed by atoms with van der Waals surface area (Å²) in [4.78, 5) is 26.0. The van der Waals surface area contributed by atoms with E-state index in [0.29, 0.717) is 24.6 Å². The summed E-state index contributed by atoms with van der Waals surface area (Å²) in [7, 11) is 0. The summed E-state index contributed by atoms with van der Waals surface area (Å²) in [6.45, 7) is 2.59. The van der Waals surface area contributed by atoms with Gasteiger partial charge in [0.15, 0.2) is 17.3 Å². The minimum Gasteiger partial charge on any atom is -0.355 e. The molecule has 0 aromatic carbocycles. The summed E-state index contributed by atoms with van der Waals surface area (Å²) >= 11 is 0. The van der Waals surface area contributed by atoms with E-state index in [0.717, 1.165) is 70.6 Å². The van der Waals surface area contributed by atoms with E-state index >= 15 is 0 Å². The molecule has 2 aliphatic rings. The third kappa shape index (κ3) is 4.26. The van der Waals surface area contributed by atoms with Gasteiger partial charge in [-0.1, -0.05) is 0 Å². The Kier molecular flexibility index (Phi) is 5.54. The molecule has 2 N–H and O–H groups in total. The van der Waals surface area contributed by atoms with Crippen LogP contribution in [-0.2, 0) is 6.54 Å². The summed E-state index contributed by atoms with van der Waals surface area (Å²) in [5.41, 5.74) is 5.74. The van der Waals surface area contributed by atoms with Crippen LogP contribution in [-0.4, -0.2) is 72.1 Å². The molecule has 2 saturated heterocycles. The first-order valence-electron chi connectivity index (χ1n) is 13.0. The topological polar surface area (TPSA) is 103 Å². The minimum absolute atomic E-state index is 0.0959. The number of rotatable bonds is 5. The van der Waals surface area contributed by atoms with E-state index in [1.807, 2.05) is 24.4 Å². The maximum atomic E-state index is 13.6. The molecule has 5 aromatic rings. The van der Waals surface area contributed by atoms with Gasteiger partial charge in [0.1, 0.15) is 11.2 Å². The zero-order valence-electron chi connectivity index (χ0n) is 20.8. The van der Waals surface area contributed by atoms with Crippen LogP contribution in [0.4, 0.5) is 14.6 Å². The largest absolute Gasteiger partial charge is 0.355 e. The molecule has 11 heteroatoms. The SMILES string of the molecule is FC1(F)CCN(Cc2cncc(-c3cnc4n[nH]c(-c5nc6c(N7CCCCC7)nccc6[nH]5)c4c3)c2)C1. The fourth-order valence-corrected chi connectivity index (χ4v) is 5.55. The van der Waals surface area contributed by atoms with Crippen LogP contribution in [0.2, 0.25) is 0 Å². The van der Waals surface area contributed by atoms with Crippen molar-refractivity contribution in [3.8, 4) is 22.6 Å². The van der Waals surface area contributed by atoms with Gasteiger partial charge < -0.3 is 9.88 Å². The highest BCUT2D eigenvalue weighted by Crippen LogP contribution is 2.32. The fraction of sp³-hybridized carbons (Fsp3) is 0.370. The van der Waals surface area contributed by atoms with Crippen molar-refractivity contribution < 1.29 is 8.78 Å². The van der Waals surface area contributed by atoms with Crippen LogP contribution in [0.3, 0.4) is 0 Å². The third-order valence-electron chi connectivity index (χ3n) is 7.47. The number of likely N-dealkylation sites (tertiary alicyclic amines) is 1. The van der Waals surface area contributed by atoms with E-state index in [-0.39, 0.29) is 13.0 Å². The number of alkyl halides is 2. The van der Waals surface area contributed by atoms with Crippen molar-refractivity contribution in [3.05, 3.63) is 48.5 Å². The van der Waals surface area contributed by atoms with Gasteiger partial charge in [-0.2, -0.15) is 5.10 Å². The second-order valence-electron chi connectivity index (χ2n) is 10.3. The molecule has 0 amide bonds. The van der Waals surface area contributed by atoms with E-state index in [2.05, 4.69) is 35.0 Å². The summed E-state index contributed by atoms with van der Waals surface area (Å²) in [6, 6.07) is 5.95. The monoisotopic (exact) mass is 515 g/mol. The highest BCUT2D eigenvalue weighted by Gasteiger charge is 2.37. The average molecular weight is 516 g/mol. The van der Waals surface area contributed by atoms with E-state index in [1.165, 1.54) is 6.42 Å². The van der Waals surface area contributed by atoms with Crippen molar-refractivity contribution in [3.63, 3.8) is 0 Å². The van der Waals surface area contributed by atoms with Crippen molar-refractivity contribution in [1.29, 1.82) is 0 Å². The molecule has 0 spiro atoms. The lowest BCUT2D eigenvalue weighted by Crippen LogP contribution is -2.30. The predicted molar refractivity (Wildman–Crippen MR) is 141 cm³/mol. The molecule has 194 valence electrons. The molecule has 0 aliphatic carbocycles. The van der Waals surface area contributed by atoms with E-state index in [4.69, 9.17) is 4.98 Å². The minimum atomic E-state index is -2.61. The molecule has 0 unspecified atom stereocenters. The molecule has 2 fully saturated rings. The first-order valence-corrected chi connectivity index (χ1v) is 13.0. The van der Waals surface area contributed by atoms with Crippen molar-refractivity contribution in [2.24, 2.45) is 0 Å². The molecule has 7 rings (SSSR count). The maximum Gasteiger partial charge on any atom is 0.261 e. The number of nitrogens with one attached hydrogen (secondary N) is 2. The predicted octanol–water partition coefficient (Wildman–Crippen LogP) is 4.79. The van der Waals surface area contributed by atoms with Crippen molar-refractivity contribution >= 4 is 27.9 Å². The fourth-order valence-electron chi connectivity index (χ4n) is 5.55. The number of anilines is 1.